The van der Waals surface area contributed by atoms with Gasteiger partial charge in [-0.3, -0.25) is 0 Å². The lowest BCUT2D eigenvalue weighted by Gasteiger charge is -2.28. The zero-order valence-corrected chi connectivity index (χ0v) is 12.2. The highest BCUT2D eigenvalue weighted by Gasteiger charge is 2.22. The van der Waals surface area contributed by atoms with Gasteiger partial charge in [0.05, 0.1) is 6.04 Å². The molecule has 6 heteroatoms. The Bertz CT molecular complexity index is 371. The van der Waals surface area contributed by atoms with Crippen LogP contribution in [0, 0.1) is 0 Å². The number of thioether (sulfide) groups is 1. The molecule has 0 aliphatic carbocycles. The first-order valence-electron chi connectivity index (χ1n) is 6.64. The average molecular weight is 270 g/mol. The van der Waals surface area contributed by atoms with E-state index in [2.05, 4.69) is 41.2 Å². The molecule has 2 atom stereocenters. The summed E-state index contributed by atoms with van der Waals surface area (Å²) in [4.78, 5) is 2.18. The summed E-state index contributed by atoms with van der Waals surface area (Å²) in [5, 5.41) is 12.3. The number of hydrogen-bond acceptors (Lipinski definition) is 6. The largest absolute Gasteiger partial charge is 0.406 e. The van der Waals surface area contributed by atoms with Crippen LogP contribution in [0.1, 0.15) is 39.1 Å². The van der Waals surface area contributed by atoms with E-state index in [9.17, 15) is 0 Å². The maximum absolute atomic E-state index is 5.76. The summed E-state index contributed by atoms with van der Waals surface area (Å²) in [6.45, 7) is 9.39. The van der Waals surface area contributed by atoms with E-state index >= 15 is 0 Å². The lowest BCUT2D eigenvalue weighted by Crippen LogP contribution is -2.36. The van der Waals surface area contributed by atoms with Crippen LogP contribution in [-0.2, 0) is 0 Å². The van der Waals surface area contributed by atoms with Crippen LogP contribution in [0.5, 0.6) is 0 Å². The molecule has 0 aromatic carbocycles. The predicted molar refractivity (Wildman–Crippen MR) is 75.1 cm³/mol. The summed E-state index contributed by atoms with van der Waals surface area (Å²) in [6.07, 6.45) is 1.10. The van der Waals surface area contributed by atoms with Gasteiger partial charge in [0.25, 0.3) is 0 Å². The quantitative estimate of drug-likeness (QED) is 0.884. The summed E-state index contributed by atoms with van der Waals surface area (Å²) in [7, 11) is 0. The van der Waals surface area contributed by atoms with Crippen molar-refractivity contribution in [1.82, 2.24) is 15.5 Å². The number of anilines is 1. The van der Waals surface area contributed by atoms with E-state index in [0.29, 0.717) is 17.2 Å². The minimum absolute atomic E-state index is 0.128. The highest BCUT2D eigenvalue weighted by molar-refractivity contribution is 8.00. The van der Waals surface area contributed by atoms with Crippen LogP contribution < -0.4 is 10.2 Å². The van der Waals surface area contributed by atoms with Gasteiger partial charge in [-0.15, -0.1) is 5.10 Å². The topological polar surface area (TPSA) is 54.2 Å². The van der Waals surface area contributed by atoms with Crippen molar-refractivity contribution in [1.29, 1.82) is 0 Å². The van der Waals surface area contributed by atoms with Crippen LogP contribution in [0.25, 0.3) is 0 Å². The first kappa shape index (κ1) is 13.7. The molecule has 1 aliphatic rings. The molecular formula is C12H22N4OS. The van der Waals surface area contributed by atoms with Crippen molar-refractivity contribution in [3.63, 3.8) is 0 Å². The SMILES string of the molecule is CCCNC(C)c1nnc(N2CCSC(C)C2)o1. The third kappa shape index (κ3) is 3.38. The molecule has 2 unspecified atom stereocenters. The molecule has 0 saturated carbocycles. The fourth-order valence-electron chi connectivity index (χ4n) is 1.97. The van der Waals surface area contributed by atoms with Gasteiger partial charge in [-0.1, -0.05) is 18.9 Å². The van der Waals surface area contributed by atoms with Gasteiger partial charge in [0, 0.05) is 24.1 Å². The van der Waals surface area contributed by atoms with Crippen LogP contribution in [0.4, 0.5) is 6.01 Å². The Morgan fingerprint density at radius 1 is 1.56 bits per heavy atom. The average Bonchev–Trinajstić information content (AvgIpc) is 2.85. The molecule has 0 bridgehead atoms. The Kier molecular flexibility index (Phi) is 4.88. The first-order valence-corrected chi connectivity index (χ1v) is 7.69. The van der Waals surface area contributed by atoms with Crippen molar-refractivity contribution < 1.29 is 4.42 Å². The van der Waals surface area contributed by atoms with Crippen LogP contribution in [0.2, 0.25) is 0 Å². The Morgan fingerprint density at radius 2 is 2.39 bits per heavy atom. The molecule has 1 N–H and O–H groups in total. The molecule has 1 saturated heterocycles. The molecule has 102 valence electrons. The van der Waals surface area contributed by atoms with Gasteiger partial charge in [0.1, 0.15) is 0 Å². The van der Waals surface area contributed by atoms with Gasteiger partial charge in [0.15, 0.2) is 0 Å². The van der Waals surface area contributed by atoms with Crippen molar-refractivity contribution in [2.24, 2.45) is 0 Å². The maximum Gasteiger partial charge on any atom is 0.318 e. The number of nitrogens with one attached hydrogen (secondary N) is 1. The predicted octanol–water partition coefficient (Wildman–Crippen LogP) is 2.07. The second-order valence-corrected chi connectivity index (χ2v) is 6.27. The summed E-state index contributed by atoms with van der Waals surface area (Å²) < 4.78 is 5.76. The molecular weight excluding hydrogens is 248 g/mol. The Hall–Kier alpha value is -0.750. The highest BCUT2D eigenvalue weighted by atomic mass is 32.2. The van der Waals surface area contributed by atoms with Crippen molar-refractivity contribution in [2.45, 2.75) is 38.5 Å². The minimum Gasteiger partial charge on any atom is -0.406 e. The van der Waals surface area contributed by atoms with E-state index in [0.717, 1.165) is 31.8 Å². The summed E-state index contributed by atoms with van der Waals surface area (Å²) >= 11 is 2.00. The Labute approximate surface area is 113 Å². The second kappa shape index (κ2) is 6.43. The Morgan fingerprint density at radius 3 is 3.11 bits per heavy atom. The van der Waals surface area contributed by atoms with Crippen LogP contribution in [0.3, 0.4) is 0 Å². The molecule has 0 radical (unpaired) electrons. The standard InChI is InChI=1S/C12H22N4OS/c1-4-5-13-10(3)11-14-15-12(17-11)16-6-7-18-9(2)8-16/h9-10,13H,4-8H2,1-3H3. The molecule has 18 heavy (non-hydrogen) atoms. The van der Waals surface area contributed by atoms with E-state index in [1.165, 1.54) is 0 Å². The van der Waals surface area contributed by atoms with Gasteiger partial charge >= 0.3 is 6.01 Å². The summed E-state index contributed by atoms with van der Waals surface area (Å²) in [5.74, 6) is 1.81. The van der Waals surface area contributed by atoms with Gasteiger partial charge in [0.2, 0.25) is 5.89 Å². The van der Waals surface area contributed by atoms with Crippen molar-refractivity contribution >= 4 is 17.8 Å². The van der Waals surface area contributed by atoms with Gasteiger partial charge < -0.3 is 14.6 Å². The van der Waals surface area contributed by atoms with E-state index in [4.69, 9.17) is 4.42 Å². The Balaban J connectivity index is 1.96. The van der Waals surface area contributed by atoms with Gasteiger partial charge in [-0.05, 0) is 19.9 Å². The molecule has 1 aliphatic heterocycles. The molecule has 1 aromatic rings. The van der Waals surface area contributed by atoms with E-state index in [1.54, 1.807) is 0 Å². The number of nitrogens with zero attached hydrogens (tertiary/aromatic N) is 3. The zero-order chi connectivity index (χ0) is 13.0. The van der Waals surface area contributed by atoms with E-state index in [-0.39, 0.29) is 6.04 Å². The van der Waals surface area contributed by atoms with Crippen molar-refractivity contribution in [3.8, 4) is 0 Å². The van der Waals surface area contributed by atoms with E-state index < -0.39 is 0 Å². The third-order valence-electron chi connectivity index (χ3n) is 3.01. The molecule has 0 spiro atoms. The maximum atomic E-state index is 5.76. The summed E-state index contributed by atoms with van der Waals surface area (Å²) in [6, 6.07) is 0.796. The molecule has 1 fully saturated rings. The van der Waals surface area contributed by atoms with Crippen molar-refractivity contribution in [2.75, 3.05) is 30.3 Å². The molecule has 2 heterocycles. The molecule has 0 amide bonds. The fraction of sp³-hybridized carbons (Fsp3) is 0.833. The minimum atomic E-state index is 0.128. The lowest BCUT2D eigenvalue weighted by atomic mass is 10.3. The van der Waals surface area contributed by atoms with Crippen molar-refractivity contribution in [3.05, 3.63) is 5.89 Å². The smallest absolute Gasteiger partial charge is 0.318 e. The zero-order valence-electron chi connectivity index (χ0n) is 11.3. The number of hydrogen-bond donors (Lipinski definition) is 1. The third-order valence-corrected chi connectivity index (χ3v) is 4.15. The van der Waals surface area contributed by atoms with Gasteiger partial charge in [-0.2, -0.15) is 11.8 Å². The van der Waals surface area contributed by atoms with E-state index in [1.807, 2.05) is 11.8 Å². The second-order valence-electron chi connectivity index (χ2n) is 4.73. The van der Waals surface area contributed by atoms with Crippen LogP contribution in [-0.4, -0.2) is 40.8 Å². The number of rotatable bonds is 5. The van der Waals surface area contributed by atoms with Crippen LogP contribution in [0.15, 0.2) is 4.42 Å². The molecule has 1 aromatic heterocycles. The molecule has 5 nitrogen and oxygen atoms in total. The van der Waals surface area contributed by atoms with Crippen LogP contribution >= 0.6 is 11.8 Å². The normalized spacial score (nSPS) is 22.2. The first-order chi connectivity index (χ1) is 8.70. The fourth-order valence-corrected chi connectivity index (χ4v) is 2.98. The summed E-state index contributed by atoms with van der Waals surface area (Å²) in [5.41, 5.74) is 0. The monoisotopic (exact) mass is 270 g/mol. The van der Waals surface area contributed by atoms with Gasteiger partial charge in [-0.25, -0.2) is 0 Å². The lowest BCUT2D eigenvalue weighted by molar-refractivity contribution is 0.414. The number of aromatic nitrogens is 2. The molecule has 2 rings (SSSR count). The highest BCUT2D eigenvalue weighted by Crippen LogP contribution is 2.24.